The van der Waals surface area contributed by atoms with Crippen LogP contribution in [0.4, 0.5) is 17.6 Å². The number of hydrogen-bond donors (Lipinski definition) is 0. The summed E-state index contributed by atoms with van der Waals surface area (Å²) < 4.78 is 57.5. The van der Waals surface area contributed by atoms with Crippen molar-refractivity contribution in [2.45, 2.75) is 51.9 Å². The van der Waals surface area contributed by atoms with Crippen LogP contribution in [0.5, 0.6) is 0 Å². The van der Waals surface area contributed by atoms with Crippen molar-refractivity contribution in [1.29, 1.82) is 0 Å². The van der Waals surface area contributed by atoms with Gasteiger partial charge in [0.2, 0.25) is 0 Å². The Hall–Kier alpha value is -2.62. The Bertz CT molecular complexity index is 1070. The van der Waals surface area contributed by atoms with E-state index in [1.807, 2.05) is 6.07 Å². The van der Waals surface area contributed by atoms with Gasteiger partial charge >= 0.3 is 0 Å². The van der Waals surface area contributed by atoms with Gasteiger partial charge in [-0.25, -0.2) is 17.6 Å². The number of halogens is 4. The zero-order chi connectivity index (χ0) is 22.1. The topological polar surface area (TPSA) is 0 Å². The largest absolute Gasteiger partial charge is 0.207 e. The summed E-state index contributed by atoms with van der Waals surface area (Å²) in [5.74, 6) is -1.34. The van der Waals surface area contributed by atoms with E-state index in [9.17, 15) is 17.6 Å². The lowest BCUT2D eigenvalue weighted by Crippen LogP contribution is -2.12. The van der Waals surface area contributed by atoms with Crippen molar-refractivity contribution in [2.75, 3.05) is 0 Å². The van der Waals surface area contributed by atoms with Gasteiger partial charge in [0.25, 0.3) is 0 Å². The lowest BCUT2D eigenvalue weighted by Gasteiger charge is -2.28. The average Bonchev–Trinajstić information content (AvgIpc) is 2.77. The third-order valence-corrected chi connectivity index (χ3v) is 6.76. The quantitative estimate of drug-likeness (QED) is 0.367. The highest BCUT2D eigenvalue weighted by Gasteiger charge is 2.22. The first-order valence-electron chi connectivity index (χ1n) is 10.9. The first kappa shape index (κ1) is 21.6. The van der Waals surface area contributed by atoms with Gasteiger partial charge in [-0.15, -0.1) is 0 Å². The zero-order valence-corrected chi connectivity index (χ0v) is 17.8. The van der Waals surface area contributed by atoms with E-state index in [0.29, 0.717) is 17.0 Å². The molecule has 3 aromatic carbocycles. The third-order valence-electron chi connectivity index (χ3n) is 6.76. The minimum atomic E-state index is -0.729. The van der Waals surface area contributed by atoms with E-state index in [4.69, 9.17) is 0 Å². The smallest absolute Gasteiger partial charge is 0.131 e. The maximum atomic E-state index is 14.9. The van der Waals surface area contributed by atoms with Gasteiger partial charge in [0.05, 0.1) is 0 Å². The molecule has 4 heteroatoms. The van der Waals surface area contributed by atoms with E-state index in [2.05, 4.69) is 6.92 Å². The van der Waals surface area contributed by atoms with Gasteiger partial charge in [-0.05, 0) is 85.4 Å². The lowest BCUT2D eigenvalue weighted by molar-refractivity contribution is 0.318. The summed E-state index contributed by atoms with van der Waals surface area (Å²) in [7, 11) is 0. The average molecular weight is 426 g/mol. The number of benzene rings is 3. The molecule has 0 radical (unpaired) electrons. The van der Waals surface area contributed by atoms with Crippen molar-refractivity contribution in [3.05, 3.63) is 82.9 Å². The van der Waals surface area contributed by atoms with Crippen LogP contribution in [0.3, 0.4) is 0 Å². The summed E-state index contributed by atoms with van der Waals surface area (Å²) in [6.45, 7) is 3.55. The molecule has 0 aliphatic heterocycles. The normalized spacial score (nSPS) is 18.9. The molecule has 4 rings (SSSR count). The van der Waals surface area contributed by atoms with E-state index in [0.717, 1.165) is 36.5 Å². The molecule has 1 aliphatic carbocycles. The fraction of sp³-hybridized carbons (Fsp3) is 0.333. The molecule has 162 valence electrons. The maximum Gasteiger partial charge on any atom is 0.131 e. The predicted molar refractivity (Wildman–Crippen MR) is 117 cm³/mol. The Balaban J connectivity index is 1.60. The van der Waals surface area contributed by atoms with Gasteiger partial charge in [-0.3, -0.25) is 0 Å². The molecule has 0 saturated heterocycles. The van der Waals surface area contributed by atoms with Crippen LogP contribution in [-0.4, -0.2) is 0 Å². The Morgan fingerprint density at radius 1 is 0.677 bits per heavy atom. The monoisotopic (exact) mass is 426 g/mol. The zero-order valence-electron chi connectivity index (χ0n) is 17.8. The minimum Gasteiger partial charge on any atom is -0.207 e. The van der Waals surface area contributed by atoms with Crippen LogP contribution in [0.1, 0.15) is 56.1 Å². The van der Waals surface area contributed by atoms with Crippen molar-refractivity contribution in [3.63, 3.8) is 0 Å². The molecule has 0 heterocycles. The predicted octanol–water partition coefficient (Wildman–Crippen LogP) is 8.57. The van der Waals surface area contributed by atoms with Crippen molar-refractivity contribution in [3.8, 4) is 22.3 Å². The van der Waals surface area contributed by atoms with E-state index < -0.39 is 17.5 Å². The highest BCUT2D eigenvalue weighted by molar-refractivity contribution is 5.72. The highest BCUT2D eigenvalue weighted by Crippen LogP contribution is 2.38. The van der Waals surface area contributed by atoms with Crippen molar-refractivity contribution >= 4 is 0 Å². The molecule has 0 atom stereocenters. The fourth-order valence-electron chi connectivity index (χ4n) is 4.64. The van der Waals surface area contributed by atoms with E-state index in [1.165, 1.54) is 38.3 Å². The molecule has 0 N–H and O–H groups in total. The standard InChI is InChI=1S/C27H26F4/c1-3-17-4-6-18(7-5-17)19-8-10-22(26(30)12-19)20-9-11-23(27(31)13-20)21-14-24(28)16(2)25(29)15-21/h8-15,17-18H,3-7H2,1-2H3. The van der Waals surface area contributed by atoms with E-state index >= 15 is 0 Å². The van der Waals surface area contributed by atoms with Crippen LogP contribution in [0.25, 0.3) is 22.3 Å². The summed E-state index contributed by atoms with van der Waals surface area (Å²) in [5, 5.41) is 0. The second kappa shape index (κ2) is 8.86. The molecule has 3 aromatic rings. The van der Waals surface area contributed by atoms with Gasteiger partial charge < -0.3 is 0 Å². The van der Waals surface area contributed by atoms with Crippen LogP contribution in [-0.2, 0) is 0 Å². The molecule has 0 amide bonds. The minimum absolute atomic E-state index is 0.0752. The molecule has 0 aromatic heterocycles. The van der Waals surface area contributed by atoms with Gasteiger partial charge in [-0.2, -0.15) is 0 Å². The Morgan fingerprint density at radius 2 is 1.23 bits per heavy atom. The van der Waals surface area contributed by atoms with Gasteiger partial charge in [-0.1, -0.05) is 37.6 Å². The Labute approximate surface area is 180 Å². The fourth-order valence-corrected chi connectivity index (χ4v) is 4.64. The molecule has 0 nitrogen and oxygen atoms in total. The number of hydrogen-bond acceptors (Lipinski definition) is 0. The van der Waals surface area contributed by atoms with E-state index in [-0.39, 0.29) is 22.5 Å². The molecule has 0 spiro atoms. The van der Waals surface area contributed by atoms with Gasteiger partial charge in [0.15, 0.2) is 0 Å². The molecular formula is C27H26F4. The summed E-state index contributed by atoms with van der Waals surface area (Å²) >= 11 is 0. The van der Waals surface area contributed by atoms with Crippen LogP contribution in [0, 0.1) is 36.1 Å². The Kier molecular flexibility index (Phi) is 6.17. The van der Waals surface area contributed by atoms with Gasteiger partial charge in [0, 0.05) is 16.7 Å². The second-order valence-corrected chi connectivity index (χ2v) is 8.62. The maximum absolute atomic E-state index is 14.9. The molecular weight excluding hydrogens is 400 g/mol. The highest BCUT2D eigenvalue weighted by atomic mass is 19.1. The van der Waals surface area contributed by atoms with Crippen LogP contribution >= 0.6 is 0 Å². The van der Waals surface area contributed by atoms with Crippen molar-refractivity contribution < 1.29 is 17.6 Å². The summed E-state index contributed by atoms with van der Waals surface area (Å²) in [6, 6.07) is 11.7. The van der Waals surface area contributed by atoms with E-state index in [1.54, 1.807) is 18.2 Å². The SMILES string of the molecule is CCC1CCC(c2ccc(-c3ccc(-c4cc(F)c(C)c(F)c4)c(F)c3)c(F)c2)CC1. The first-order chi connectivity index (χ1) is 14.9. The molecule has 31 heavy (non-hydrogen) atoms. The molecule has 0 unspecified atom stereocenters. The van der Waals surface area contributed by atoms with Crippen LogP contribution in [0.2, 0.25) is 0 Å². The molecule has 1 saturated carbocycles. The lowest BCUT2D eigenvalue weighted by atomic mass is 9.77. The van der Waals surface area contributed by atoms with Gasteiger partial charge in [0.1, 0.15) is 23.3 Å². The molecule has 1 fully saturated rings. The van der Waals surface area contributed by atoms with Crippen molar-refractivity contribution in [2.24, 2.45) is 5.92 Å². The van der Waals surface area contributed by atoms with Crippen LogP contribution in [0.15, 0.2) is 48.5 Å². The molecule has 0 bridgehead atoms. The summed E-state index contributed by atoms with van der Waals surface area (Å²) in [4.78, 5) is 0. The second-order valence-electron chi connectivity index (χ2n) is 8.62. The first-order valence-corrected chi connectivity index (χ1v) is 10.9. The summed E-state index contributed by atoms with van der Waals surface area (Å²) in [6.07, 6.45) is 5.70. The third kappa shape index (κ3) is 4.39. The summed E-state index contributed by atoms with van der Waals surface area (Å²) in [5.41, 5.74) is 1.80. The molecule has 1 aliphatic rings. The Morgan fingerprint density at radius 3 is 1.81 bits per heavy atom. The van der Waals surface area contributed by atoms with Crippen LogP contribution < -0.4 is 0 Å². The van der Waals surface area contributed by atoms with Crippen molar-refractivity contribution in [1.82, 2.24) is 0 Å². The number of rotatable bonds is 4.